The number of methoxy groups -OCH3 is 2. The summed E-state index contributed by atoms with van der Waals surface area (Å²) in [6.45, 7) is 4.64. The Hall–Kier alpha value is -2.53. The smallest absolute Gasteiger partial charge is 0.255 e. The number of ether oxygens (including phenoxy) is 2. The number of amides is 1. The lowest BCUT2D eigenvalue weighted by Crippen LogP contribution is -2.47. The Labute approximate surface area is 154 Å². The van der Waals surface area contributed by atoms with Crippen molar-refractivity contribution >= 4 is 5.91 Å². The monoisotopic (exact) mass is 354 g/mol. The highest BCUT2D eigenvalue weighted by molar-refractivity contribution is 5.97. The molecule has 1 N–H and O–H groups in total. The molecule has 2 aromatic carbocycles. The largest absolute Gasteiger partial charge is 0.497 e. The number of benzene rings is 2. The van der Waals surface area contributed by atoms with Gasteiger partial charge in [0.1, 0.15) is 11.5 Å². The second-order valence-corrected chi connectivity index (χ2v) is 6.47. The second-order valence-electron chi connectivity index (χ2n) is 6.47. The van der Waals surface area contributed by atoms with Gasteiger partial charge in [-0.3, -0.25) is 9.69 Å². The van der Waals surface area contributed by atoms with Crippen LogP contribution in [-0.2, 0) is 13.0 Å². The van der Waals surface area contributed by atoms with Gasteiger partial charge in [-0.05, 0) is 42.3 Å². The van der Waals surface area contributed by atoms with Crippen LogP contribution < -0.4 is 14.8 Å². The van der Waals surface area contributed by atoms with E-state index in [1.807, 2.05) is 0 Å². The van der Waals surface area contributed by atoms with Crippen molar-refractivity contribution in [3.8, 4) is 11.5 Å². The summed E-state index contributed by atoms with van der Waals surface area (Å²) >= 11 is 0. The van der Waals surface area contributed by atoms with Crippen molar-refractivity contribution < 1.29 is 14.3 Å². The molecule has 3 rings (SSSR count). The topological polar surface area (TPSA) is 50.8 Å². The zero-order valence-corrected chi connectivity index (χ0v) is 15.6. The molecule has 0 radical (unpaired) electrons. The number of carbonyl (C=O) groups is 1. The molecular formula is C21H26N2O3. The molecule has 138 valence electrons. The molecule has 1 heterocycles. The van der Waals surface area contributed by atoms with E-state index in [1.165, 1.54) is 11.1 Å². The minimum atomic E-state index is -0.143. The molecule has 1 atom stereocenters. The summed E-state index contributed by atoms with van der Waals surface area (Å²) in [5.74, 6) is 1.04. The Morgan fingerprint density at radius 3 is 2.62 bits per heavy atom. The van der Waals surface area contributed by atoms with E-state index in [1.54, 1.807) is 32.4 Å². The average molecular weight is 354 g/mol. The maximum absolute atomic E-state index is 12.7. The molecule has 0 spiro atoms. The quantitative estimate of drug-likeness (QED) is 0.867. The van der Waals surface area contributed by atoms with E-state index in [0.29, 0.717) is 23.6 Å². The van der Waals surface area contributed by atoms with Gasteiger partial charge in [0.05, 0.1) is 19.8 Å². The molecule has 2 aromatic rings. The molecule has 0 saturated heterocycles. The van der Waals surface area contributed by atoms with Crippen LogP contribution >= 0.6 is 0 Å². The van der Waals surface area contributed by atoms with Crippen molar-refractivity contribution in [3.63, 3.8) is 0 Å². The van der Waals surface area contributed by atoms with Crippen LogP contribution in [0.2, 0.25) is 0 Å². The normalized spacial score (nSPS) is 16.7. The van der Waals surface area contributed by atoms with Crippen LogP contribution in [0.3, 0.4) is 0 Å². The summed E-state index contributed by atoms with van der Waals surface area (Å²) in [6.07, 6.45) is 0.944. The van der Waals surface area contributed by atoms with E-state index < -0.39 is 0 Å². The first-order valence-electron chi connectivity index (χ1n) is 8.97. The molecular weight excluding hydrogens is 328 g/mol. The van der Waals surface area contributed by atoms with Gasteiger partial charge in [0.2, 0.25) is 0 Å². The van der Waals surface area contributed by atoms with E-state index in [2.05, 4.69) is 41.4 Å². The van der Waals surface area contributed by atoms with E-state index in [0.717, 1.165) is 19.5 Å². The summed E-state index contributed by atoms with van der Waals surface area (Å²) in [5, 5.41) is 3.07. The lowest BCUT2D eigenvalue weighted by molar-refractivity contribution is 0.0924. The molecule has 1 amide bonds. The highest BCUT2D eigenvalue weighted by Gasteiger charge is 2.25. The number of rotatable bonds is 6. The van der Waals surface area contributed by atoms with Crippen molar-refractivity contribution in [2.75, 3.05) is 27.3 Å². The molecule has 5 nitrogen and oxygen atoms in total. The van der Waals surface area contributed by atoms with Crippen LogP contribution in [-0.4, -0.2) is 44.2 Å². The number of likely N-dealkylation sites (N-methyl/N-ethyl adjacent to an activating group) is 1. The Kier molecular flexibility index (Phi) is 5.78. The van der Waals surface area contributed by atoms with E-state index >= 15 is 0 Å². The molecule has 26 heavy (non-hydrogen) atoms. The predicted octanol–water partition coefficient (Wildman–Crippen LogP) is 2.88. The summed E-state index contributed by atoms with van der Waals surface area (Å²) in [4.78, 5) is 15.1. The predicted molar refractivity (Wildman–Crippen MR) is 102 cm³/mol. The fourth-order valence-corrected chi connectivity index (χ4v) is 3.51. The van der Waals surface area contributed by atoms with Gasteiger partial charge < -0.3 is 14.8 Å². The van der Waals surface area contributed by atoms with Crippen LogP contribution in [0.25, 0.3) is 0 Å². The van der Waals surface area contributed by atoms with Gasteiger partial charge in [0, 0.05) is 19.1 Å². The van der Waals surface area contributed by atoms with Crippen molar-refractivity contribution in [2.45, 2.75) is 25.9 Å². The molecule has 1 aliphatic heterocycles. The first kappa shape index (κ1) is 18.3. The fourth-order valence-electron chi connectivity index (χ4n) is 3.51. The number of nitrogens with zero attached hydrogens (tertiary/aromatic N) is 1. The second kappa shape index (κ2) is 8.23. The third kappa shape index (κ3) is 3.83. The maximum Gasteiger partial charge on any atom is 0.255 e. The first-order chi connectivity index (χ1) is 12.7. The molecule has 0 fully saturated rings. The van der Waals surface area contributed by atoms with Crippen LogP contribution in [0.5, 0.6) is 11.5 Å². The van der Waals surface area contributed by atoms with Gasteiger partial charge in [0.15, 0.2) is 0 Å². The molecule has 0 unspecified atom stereocenters. The summed E-state index contributed by atoms with van der Waals surface area (Å²) in [6, 6.07) is 14.1. The van der Waals surface area contributed by atoms with Crippen molar-refractivity contribution in [3.05, 3.63) is 59.2 Å². The number of nitrogens with one attached hydrogen (secondary N) is 1. The Balaban J connectivity index is 1.71. The molecule has 0 saturated carbocycles. The molecule has 0 aliphatic carbocycles. The number of hydrogen-bond acceptors (Lipinski definition) is 4. The highest BCUT2D eigenvalue weighted by atomic mass is 16.5. The van der Waals surface area contributed by atoms with Gasteiger partial charge in [-0.15, -0.1) is 0 Å². The fraction of sp³-hybridized carbons (Fsp3) is 0.381. The molecule has 0 bridgehead atoms. The third-order valence-electron chi connectivity index (χ3n) is 5.02. The standard InChI is InChI=1S/C21H26N2O3/c1-4-23-14-16-8-6-5-7-15(16)11-17(23)13-22-21(24)19-12-18(25-2)9-10-20(19)26-3/h5-10,12,17H,4,11,13-14H2,1-3H3,(H,22,24)/t17-/m0/s1. The van der Waals surface area contributed by atoms with Gasteiger partial charge in [-0.2, -0.15) is 0 Å². The Morgan fingerprint density at radius 2 is 1.92 bits per heavy atom. The third-order valence-corrected chi connectivity index (χ3v) is 5.02. The average Bonchev–Trinajstić information content (AvgIpc) is 2.70. The first-order valence-corrected chi connectivity index (χ1v) is 8.97. The molecule has 5 heteroatoms. The van der Waals surface area contributed by atoms with Crippen LogP contribution in [0.15, 0.2) is 42.5 Å². The number of hydrogen-bond donors (Lipinski definition) is 1. The number of carbonyl (C=O) groups excluding carboxylic acids is 1. The van der Waals surface area contributed by atoms with Gasteiger partial charge in [-0.1, -0.05) is 31.2 Å². The lowest BCUT2D eigenvalue weighted by atomic mass is 9.94. The van der Waals surface area contributed by atoms with Gasteiger partial charge in [-0.25, -0.2) is 0 Å². The molecule has 0 aromatic heterocycles. The van der Waals surface area contributed by atoms with E-state index in [4.69, 9.17) is 9.47 Å². The Morgan fingerprint density at radius 1 is 1.15 bits per heavy atom. The lowest BCUT2D eigenvalue weighted by Gasteiger charge is -2.36. The zero-order valence-electron chi connectivity index (χ0n) is 15.6. The van der Waals surface area contributed by atoms with Crippen LogP contribution in [0, 0.1) is 0 Å². The SMILES string of the molecule is CCN1Cc2ccccc2C[C@H]1CNC(=O)c1cc(OC)ccc1OC. The number of fused-ring (bicyclic) bond motifs is 1. The minimum Gasteiger partial charge on any atom is -0.497 e. The van der Waals surface area contributed by atoms with Crippen LogP contribution in [0.1, 0.15) is 28.4 Å². The van der Waals surface area contributed by atoms with Crippen molar-refractivity contribution in [1.82, 2.24) is 10.2 Å². The van der Waals surface area contributed by atoms with Gasteiger partial charge >= 0.3 is 0 Å². The summed E-state index contributed by atoms with van der Waals surface area (Å²) in [7, 11) is 3.15. The minimum absolute atomic E-state index is 0.143. The highest BCUT2D eigenvalue weighted by Crippen LogP contribution is 2.25. The van der Waals surface area contributed by atoms with Crippen molar-refractivity contribution in [2.24, 2.45) is 0 Å². The summed E-state index contributed by atoms with van der Waals surface area (Å²) in [5.41, 5.74) is 3.24. The van der Waals surface area contributed by atoms with E-state index in [-0.39, 0.29) is 11.9 Å². The van der Waals surface area contributed by atoms with E-state index in [9.17, 15) is 4.79 Å². The Bertz CT molecular complexity index is 776. The summed E-state index contributed by atoms with van der Waals surface area (Å²) < 4.78 is 10.5. The maximum atomic E-state index is 12.7. The zero-order chi connectivity index (χ0) is 18.5. The van der Waals surface area contributed by atoms with Gasteiger partial charge in [0.25, 0.3) is 5.91 Å². The molecule has 1 aliphatic rings. The van der Waals surface area contributed by atoms with Crippen LogP contribution in [0.4, 0.5) is 0 Å². The van der Waals surface area contributed by atoms with Crippen molar-refractivity contribution in [1.29, 1.82) is 0 Å².